The molecule has 1 N–H and O–H groups in total. The maximum Gasteiger partial charge on any atom is 0.335 e. The van der Waals surface area contributed by atoms with Crippen LogP contribution in [0.2, 0.25) is 0 Å². The summed E-state index contributed by atoms with van der Waals surface area (Å²) < 4.78 is 170. The van der Waals surface area contributed by atoms with Crippen LogP contribution in [0.5, 0.6) is 0 Å². The van der Waals surface area contributed by atoms with Crippen molar-refractivity contribution in [1.82, 2.24) is 0 Å². The van der Waals surface area contributed by atoms with Gasteiger partial charge in [0.25, 0.3) is 0 Å². The molecule has 0 amide bonds. The molecule has 230 valence electrons. The molecule has 2 aliphatic heterocycles. The predicted octanol–water partition coefficient (Wildman–Crippen LogP) is -5.00. The van der Waals surface area contributed by atoms with E-state index in [0.717, 1.165) is 7.11 Å². The molecule has 22 nitrogen and oxygen atoms in total. The Kier molecular flexibility index (Phi) is 11.1. The average Bonchev–Trinajstić information content (AvgIpc) is 2.71. The maximum atomic E-state index is 11.7. The normalized spacial score (nSPS) is 33.1. The minimum absolute atomic E-state index is 0.850. The first kappa shape index (κ1) is 34.0. The molecule has 2 saturated heterocycles. The van der Waals surface area contributed by atoms with Crippen molar-refractivity contribution in [1.29, 1.82) is 0 Å². The Morgan fingerprint density at radius 1 is 0.821 bits per heavy atom. The van der Waals surface area contributed by atoms with Crippen molar-refractivity contribution in [3.63, 3.8) is 0 Å². The van der Waals surface area contributed by atoms with E-state index < -0.39 is 116 Å². The van der Waals surface area contributed by atoms with Gasteiger partial charge in [0, 0.05) is 13.5 Å². The van der Waals surface area contributed by atoms with Crippen molar-refractivity contribution in [3.05, 3.63) is 0 Å². The lowest BCUT2D eigenvalue weighted by atomic mass is 9.98. The highest BCUT2D eigenvalue weighted by atomic mass is 32.3. The summed E-state index contributed by atoms with van der Waals surface area (Å²) in [7, 11) is -21.6. The van der Waals surface area contributed by atoms with Gasteiger partial charge in [-0.25, -0.2) is 38.5 Å². The molecule has 26 heteroatoms. The Labute approximate surface area is 220 Å². The van der Waals surface area contributed by atoms with Crippen molar-refractivity contribution >= 4 is 47.6 Å². The lowest BCUT2D eigenvalue weighted by molar-refractivity contribution is -0.310. The summed E-state index contributed by atoms with van der Waals surface area (Å²) in [5.74, 6) is -1.83. The second-order valence-corrected chi connectivity index (χ2v) is 11.6. The Bertz CT molecular complexity index is 1290. The van der Waals surface area contributed by atoms with Crippen molar-refractivity contribution in [2.75, 3.05) is 20.3 Å². The molecule has 0 radical (unpaired) electrons. The van der Waals surface area contributed by atoms with E-state index in [9.17, 15) is 61.8 Å². The van der Waals surface area contributed by atoms with Crippen LogP contribution in [-0.2, 0) is 82.1 Å². The second-order valence-electron chi connectivity index (χ2n) is 7.50. The van der Waals surface area contributed by atoms with E-state index in [0.29, 0.717) is 0 Å². The van der Waals surface area contributed by atoms with Gasteiger partial charge in [0.05, 0.1) is 19.3 Å². The molecule has 0 aromatic heterocycles. The van der Waals surface area contributed by atoms with Crippen LogP contribution in [0.15, 0.2) is 0 Å². The van der Waals surface area contributed by atoms with Crippen molar-refractivity contribution in [2.45, 2.75) is 55.4 Å². The van der Waals surface area contributed by atoms with Gasteiger partial charge in [-0.15, -0.1) is 0 Å². The highest BCUT2D eigenvalue weighted by Crippen LogP contribution is 2.33. The second kappa shape index (κ2) is 12.8. The number of rotatable bonds is 13. The zero-order valence-corrected chi connectivity index (χ0v) is 22.2. The molecule has 39 heavy (non-hydrogen) atoms. The van der Waals surface area contributed by atoms with Crippen molar-refractivity contribution in [3.8, 4) is 0 Å². The van der Waals surface area contributed by atoms with Crippen LogP contribution in [0.1, 0.15) is 6.42 Å². The van der Waals surface area contributed by atoms with E-state index in [4.69, 9.17) is 18.9 Å². The number of hydrogen-bond donors (Lipinski definition) is 1. The summed E-state index contributed by atoms with van der Waals surface area (Å²) in [6.07, 6.45) is -18.2. The fraction of sp³-hybridized carbons (Fsp3) is 0.923. The third-order valence-corrected chi connectivity index (χ3v) is 6.65. The molecule has 2 fully saturated rings. The van der Waals surface area contributed by atoms with Crippen LogP contribution in [0, 0.1) is 0 Å². The van der Waals surface area contributed by atoms with E-state index in [-0.39, 0.29) is 0 Å². The minimum Gasteiger partial charge on any atom is -0.726 e. The van der Waals surface area contributed by atoms with Crippen molar-refractivity contribution < 1.29 is 97.5 Å². The Hall–Kier alpha value is -1.21. The Balaban J connectivity index is 2.53. The van der Waals surface area contributed by atoms with Crippen LogP contribution in [0.4, 0.5) is 0 Å². The van der Waals surface area contributed by atoms with Crippen molar-refractivity contribution in [2.24, 2.45) is 0 Å². The highest BCUT2D eigenvalue weighted by Gasteiger charge is 2.51. The fourth-order valence-corrected chi connectivity index (χ4v) is 5.33. The summed E-state index contributed by atoms with van der Waals surface area (Å²) in [6.45, 7) is -2.13. The van der Waals surface area contributed by atoms with Gasteiger partial charge in [-0.2, -0.15) is 0 Å². The quantitative estimate of drug-likeness (QED) is 0.143. The predicted molar refractivity (Wildman–Crippen MR) is 106 cm³/mol. The number of hydrogen-bond acceptors (Lipinski definition) is 21. The van der Waals surface area contributed by atoms with Gasteiger partial charge in [-0.1, -0.05) is 0 Å². The molecule has 0 aromatic rings. The average molecular weight is 655 g/mol. The Morgan fingerprint density at radius 3 is 1.82 bits per heavy atom. The van der Waals surface area contributed by atoms with E-state index in [2.05, 4.69) is 16.7 Å². The maximum absolute atomic E-state index is 11.7. The highest BCUT2D eigenvalue weighted by molar-refractivity contribution is 7.81. The third-order valence-electron chi connectivity index (χ3n) is 4.80. The van der Waals surface area contributed by atoms with Crippen LogP contribution in [-0.4, -0.2) is 132 Å². The van der Waals surface area contributed by atoms with Gasteiger partial charge in [-0.05, 0) is 0 Å². The van der Waals surface area contributed by atoms with Gasteiger partial charge in [0.2, 0.25) is 41.6 Å². The van der Waals surface area contributed by atoms with E-state index >= 15 is 0 Å². The lowest BCUT2D eigenvalue weighted by Crippen LogP contribution is -2.62. The van der Waals surface area contributed by atoms with E-state index in [1.165, 1.54) is 0 Å². The molecule has 8 atom stereocenters. The van der Waals surface area contributed by atoms with Gasteiger partial charge in [-0.3, -0.25) is 16.7 Å². The zero-order valence-electron chi connectivity index (χ0n) is 18.9. The molecular weight excluding hydrogens is 636 g/mol. The zero-order chi connectivity index (χ0) is 30.0. The first-order chi connectivity index (χ1) is 17.6. The lowest BCUT2D eigenvalue weighted by Gasteiger charge is -2.45. The molecule has 0 bridgehead atoms. The van der Waals surface area contributed by atoms with Crippen LogP contribution in [0.3, 0.4) is 0 Å². The number of carboxylic acids is 1. The van der Waals surface area contributed by atoms with E-state index in [1.807, 2.05) is 0 Å². The molecule has 0 aromatic carbocycles. The molecule has 2 rings (SSSR count). The van der Waals surface area contributed by atoms with Gasteiger partial charge >= 0.3 is 5.97 Å². The number of carbonyl (C=O) groups is 1. The summed E-state index contributed by atoms with van der Waals surface area (Å²) >= 11 is 0. The fourth-order valence-electron chi connectivity index (χ4n) is 3.56. The standard InChI is InChI=1S/C13H22O22S4/c1-28-8-7(34-38(22,23)24)4-29-11(12(14)15)10(8)32-13-9(35-39(25,26)27)6(33-37(19,20)21)2-5(31-13)3-30-36(16,17)18/h5-11,13H,2-4H2,1H3,(H,14,15)(H,16,17,18)(H,19,20,21)(H,22,23,24)(H,25,26,27)/p-4/t5?,6?,7?,8?,9?,10-,11?,13+/m1/s1. The number of ether oxygens (including phenoxy) is 4. The minimum atomic E-state index is -5.81. The van der Waals surface area contributed by atoms with Gasteiger partial charge in [0.15, 0.2) is 18.5 Å². The topological polar surface area (TPSA) is 340 Å². The summed E-state index contributed by atoms with van der Waals surface area (Å²) in [5.41, 5.74) is 0. The number of aliphatic carboxylic acids is 1. The molecule has 0 saturated carbocycles. The molecule has 6 unspecified atom stereocenters. The molecule has 2 aliphatic rings. The van der Waals surface area contributed by atoms with Crippen LogP contribution >= 0.6 is 0 Å². The number of methoxy groups -OCH3 is 1. The first-order valence-corrected chi connectivity index (χ1v) is 15.1. The Morgan fingerprint density at radius 2 is 1.36 bits per heavy atom. The monoisotopic (exact) mass is 654 g/mol. The van der Waals surface area contributed by atoms with Crippen LogP contribution < -0.4 is 0 Å². The first-order valence-electron chi connectivity index (χ1n) is 9.79. The molecular formula is C13H18O22S4-4. The molecule has 2 heterocycles. The largest absolute Gasteiger partial charge is 0.726 e. The summed E-state index contributed by atoms with van der Waals surface area (Å²) in [4.78, 5) is 11.7. The summed E-state index contributed by atoms with van der Waals surface area (Å²) in [6, 6.07) is 0. The molecule has 0 spiro atoms. The van der Waals surface area contributed by atoms with Gasteiger partial charge in [0.1, 0.15) is 24.4 Å². The molecule has 0 aliphatic carbocycles. The smallest absolute Gasteiger partial charge is 0.335 e. The summed E-state index contributed by atoms with van der Waals surface area (Å²) in [5, 5.41) is 9.49. The third kappa shape index (κ3) is 11.3. The van der Waals surface area contributed by atoms with Crippen LogP contribution in [0.25, 0.3) is 0 Å². The SMILES string of the molecule is COC1C(OS(=O)(=O)[O-])COC(C(=O)O)[C@@H]1O[C@@H]1OC(COS(=O)(=O)[O-])CC(OS(=O)(=O)[O-])C1OS(=O)(=O)[O-]. The number of carboxylic acid groups (broad SMARTS) is 1. The van der Waals surface area contributed by atoms with E-state index in [1.54, 1.807) is 0 Å². The van der Waals surface area contributed by atoms with Gasteiger partial charge < -0.3 is 42.3 Å².